The van der Waals surface area contributed by atoms with Gasteiger partial charge in [0.15, 0.2) is 15.0 Å². The minimum absolute atomic E-state index is 0.0172. The maximum Gasteiger partial charge on any atom is 0.257 e. The first-order valence-corrected chi connectivity index (χ1v) is 11.8. The second-order valence-corrected chi connectivity index (χ2v) is 10.5. The fraction of sp³-hybridized carbons (Fsp3) is 0.400. The Morgan fingerprint density at radius 3 is 2.34 bits per heavy atom. The van der Waals surface area contributed by atoms with E-state index >= 15 is 0 Å². The summed E-state index contributed by atoms with van der Waals surface area (Å²) in [5.74, 6) is -0.859. The Labute approximate surface area is 171 Å². The van der Waals surface area contributed by atoms with E-state index in [0.29, 0.717) is 23.5 Å². The molecule has 1 N–H and O–H groups in total. The highest BCUT2D eigenvalue weighted by atomic mass is 32.2. The average molecular weight is 439 g/mol. The van der Waals surface area contributed by atoms with Gasteiger partial charge in [-0.15, -0.1) is 11.3 Å². The van der Waals surface area contributed by atoms with Crippen LogP contribution in [0.15, 0.2) is 46.8 Å². The van der Waals surface area contributed by atoms with Gasteiger partial charge >= 0.3 is 0 Å². The minimum Gasteiger partial charge on any atom is -0.298 e. The summed E-state index contributed by atoms with van der Waals surface area (Å²) in [6.07, 6.45) is 1.44. The molecule has 1 aromatic heterocycles. The predicted molar refractivity (Wildman–Crippen MR) is 108 cm³/mol. The van der Waals surface area contributed by atoms with Crippen molar-refractivity contribution in [1.29, 1.82) is 0 Å². The van der Waals surface area contributed by atoms with E-state index in [1.807, 2.05) is 0 Å². The van der Waals surface area contributed by atoms with Crippen LogP contribution in [0.1, 0.15) is 31.2 Å². The van der Waals surface area contributed by atoms with Gasteiger partial charge in [-0.3, -0.25) is 10.1 Å². The number of nitrogens with one attached hydrogen (secondary N) is 1. The SMILES string of the molecule is O=C(Nc1nccs1)/C(=C/C1C[C@@H](F)[C@@H](F)C1)c1ccc(S(=O)(=O)C2CC2)cc1. The first-order valence-electron chi connectivity index (χ1n) is 9.39. The summed E-state index contributed by atoms with van der Waals surface area (Å²) in [5.41, 5.74) is 0.744. The van der Waals surface area contributed by atoms with Crippen LogP contribution >= 0.6 is 11.3 Å². The smallest absolute Gasteiger partial charge is 0.257 e. The molecule has 4 rings (SSSR count). The molecule has 0 bridgehead atoms. The lowest BCUT2D eigenvalue weighted by atomic mass is 9.98. The highest BCUT2D eigenvalue weighted by Crippen LogP contribution is 2.36. The van der Waals surface area contributed by atoms with Crippen molar-refractivity contribution in [3.8, 4) is 0 Å². The highest BCUT2D eigenvalue weighted by molar-refractivity contribution is 7.92. The largest absolute Gasteiger partial charge is 0.298 e. The van der Waals surface area contributed by atoms with Crippen molar-refractivity contribution in [2.24, 2.45) is 5.92 Å². The summed E-state index contributed by atoms with van der Waals surface area (Å²) in [6, 6.07) is 6.10. The van der Waals surface area contributed by atoms with Gasteiger partial charge in [0, 0.05) is 17.2 Å². The maximum absolute atomic E-state index is 13.6. The zero-order valence-corrected chi connectivity index (χ0v) is 17.1. The van der Waals surface area contributed by atoms with Crippen LogP contribution in [0.3, 0.4) is 0 Å². The number of aromatic nitrogens is 1. The molecule has 2 saturated carbocycles. The van der Waals surface area contributed by atoms with Gasteiger partial charge in [0.25, 0.3) is 5.91 Å². The summed E-state index contributed by atoms with van der Waals surface area (Å²) in [6.45, 7) is 0. The Hall–Kier alpha value is -2.13. The Morgan fingerprint density at radius 2 is 1.79 bits per heavy atom. The first kappa shape index (κ1) is 20.2. The minimum atomic E-state index is -3.33. The number of hydrogen-bond acceptors (Lipinski definition) is 5. The van der Waals surface area contributed by atoms with Crippen molar-refractivity contribution in [3.05, 3.63) is 47.5 Å². The summed E-state index contributed by atoms with van der Waals surface area (Å²) >= 11 is 1.25. The van der Waals surface area contributed by atoms with E-state index in [4.69, 9.17) is 0 Å². The van der Waals surface area contributed by atoms with Crippen LogP contribution in [0.5, 0.6) is 0 Å². The lowest BCUT2D eigenvalue weighted by molar-refractivity contribution is -0.111. The number of nitrogens with zero attached hydrogens (tertiary/aromatic N) is 1. The molecule has 2 fully saturated rings. The lowest BCUT2D eigenvalue weighted by Gasteiger charge is -2.12. The zero-order valence-electron chi connectivity index (χ0n) is 15.4. The molecule has 5 nitrogen and oxygen atoms in total. The number of carbonyl (C=O) groups is 1. The van der Waals surface area contributed by atoms with Crippen molar-refractivity contribution in [2.45, 2.75) is 48.2 Å². The number of benzene rings is 1. The summed E-state index contributed by atoms with van der Waals surface area (Å²) in [4.78, 5) is 17.1. The van der Waals surface area contributed by atoms with Gasteiger partial charge in [0.1, 0.15) is 12.3 Å². The van der Waals surface area contributed by atoms with Gasteiger partial charge in [-0.05, 0) is 49.3 Å². The van der Waals surface area contributed by atoms with E-state index < -0.39 is 34.0 Å². The molecular formula is C20H20F2N2O3S2. The number of amides is 1. The number of anilines is 1. The van der Waals surface area contributed by atoms with Gasteiger partial charge in [-0.1, -0.05) is 18.2 Å². The number of carbonyl (C=O) groups excluding carboxylic acids is 1. The van der Waals surface area contributed by atoms with E-state index in [2.05, 4.69) is 10.3 Å². The Morgan fingerprint density at radius 1 is 1.14 bits per heavy atom. The van der Waals surface area contributed by atoms with Gasteiger partial charge in [0.2, 0.25) is 0 Å². The Balaban J connectivity index is 1.63. The number of hydrogen-bond donors (Lipinski definition) is 1. The fourth-order valence-corrected chi connectivity index (χ4v) is 5.67. The highest BCUT2D eigenvalue weighted by Gasteiger charge is 2.37. The van der Waals surface area contributed by atoms with Crippen molar-refractivity contribution >= 4 is 37.8 Å². The molecule has 9 heteroatoms. The molecule has 2 aromatic rings. The molecular weight excluding hydrogens is 418 g/mol. The topological polar surface area (TPSA) is 76.1 Å². The first-order chi connectivity index (χ1) is 13.8. The molecule has 2 aliphatic carbocycles. The normalized spacial score (nSPS) is 25.2. The van der Waals surface area contributed by atoms with Gasteiger partial charge in [0.05, 0.1) is 10.1 Å². The van der Waals surface area contributed by atoms with Crippen LogP contribution in [-0.4, -0.2) is 36.9 Å². The Kier molecular flexibility index (Phi) is 5.52. The van der Waals surface area contributed by atoms with E-state index in [1.54, 1.807) is 29.8 Å². The van der Waals surface area contributed by atoms with Crippen molar-refractivity contribution in [3.63, 3.8) is 0 Å². The number of thiazole rings is 1. The van der Waals surface area contributed by atoms with Gasteiger partial charge in [-0.25, -0.2) is 22.2 Å². The van der Waals surface area contributed by atoms with E-state index in [1.165, 1.54) is 23.5 Å². The van der Waals surface area contributed by atoms with Gasteiger partial charge in [-0.2, -0.15) is 0 Å². The summed E-state index contributed by atoms with van der Waals surface area (Å²) < 4.78 is 52.0. The average Bonchev–Trinajstić information content (AvgIpc) is 3.36. The number of halogens is 2. The molecule has 0 spiro atoms. The van der Waals surface area contributed by atoms with Crippen LogP contribution in [0.25, 0.3) is 5.57 Å². The standard InChI is InChI=1S/C20H20F2N2O3S2/c21-17-10-12(11-18(17)22)9-16(19(25)24-20-23-7-8-28-20)13-1-3-14(4-2-13)29(26,27)15-5-6-15/h1-4,7-9,12,15,17-18H,5-6,10-11H2,(H,23,24,25)/b16-9+/t12?,17-,18+. The van der Waals surface area contributed by atoms with Crippen LogP contribution in [0.2, 0.25) is 0 Å². The van der Waals surface area contributed by atoms with Crippen LogP contribution in [0.4, 0.5) is 13.9 Å². The number of rotatable bonds is 6. The molecule has 2 aliphatic rings. The fourth-order valence-electron chi connectivity index (χ4n) is 3.49. The third kappa shape index (κ3) is 4.40. The zero-order chi connectivity index (χ0) is 20.6. The number of allylic oxidation sites excluding steroid dienone is 1. The molecule has 1 unspecified atom stereocenters. The lowest BCUT2D eigenvalue weighted by Crippen LogP contribution is -2.15. The third-order valence-electron chi connectivity index (χ3n) is 5.21. The maximum atomic E-state index is 13.6. The van der Waals surface area contributed by atoms with Crippen molar-refractivity contribution in [2.75, 3.05) is 5.32 Å². The van der Waals surface area contributed by atoms with E-state index in [9.17, 15) is 22.0 Å². The van der Waals surface area contributed by atoms with Crippen molar-refractivity contribution < 1.29 is 22.0 Å². The number of sulfone groups is 1. The summed E-state index contributed by atoms with van der Waals surface area (Å²) in [7, 11) is -3.33. The third-order valence-corrected chi connectivity index (χ3v) is 8.17. The molecule has 0 aliphatic heterocycles. The molecule has 29 heavy (non-hydrogen) atoms. The molecule has 0 saturated heterocycles. The van der Waals surface area contributed by atoms with E-state index in [-0.39, 0.29) is 28.6 Å². The molecule has 3 atom stereocenters. The summed E-state index contributed by atoms with van der Waals surface area (Å²) in [5, 5.41) is 4.49. The Bertz CT molecular complexity index is 1010. The van der Waals surface area contributed by atoms with Gasteiger partial charge < -0.3 is 0 Å². The van der Waals surface area contributed by atoms with Crippen LogP contribution in [-0.2, 0) is 14.6 Å². The molecule has 1 aromatic carbocycles. The quantitative estimate of drug-likeness (QED) is 0.687. The second kappa shape index (κ2) is 7.95. The van der Waals surface area contributed by atoms with Crippen molar-refractivity contribution in [1.82, 2.24) is 4.98 Å². The van der Waals surface area contributed by atoms with Crippen LogP contribution in [0, 0.1) is 5.92 Å². The molecule has 1 amide bonds. The van der Waals surface area contributed by atoms with E-state index in [0.717, 1.165) is 0 Å². The number of alkyl halides is 2. The molecule has 1 heterocycles. The molecule has 154 valence electrons. The van der Waals surface area contributed by atoms with Crippen LogP contribution < -0.4 is 5.32 Å². The second-order valence-electron chi connectivity index (χ2n) is 7.40. The monoisotopic (exact) mass is 438 g/mol. The predicted octanol–water partition coefficient (Wildman–Crippen LogP) is 4.19. The molecule has 0 radical (unpaired) electrons.